The number of amides is 1. The third kappa shape index (κ3) is 6.26. The number of piperazine rings is 1. The minimum Gasteiger partial charge on any atom is -0.367 e. The van der Waals surface area contributed by atoms with Gasteiger partial charge < -0.3 is 10.2 Å². The van der Waals surface area contributed by atoms with Crippen molar-refractivity contribution in [3.63, 3.8) is 0 Å². The molecular formula is C26H27N5O3. The Kier molecular flexibility index (Phi) is 7.62. The smallest absolute Gasteiger partial charge is 0.269 e. The van der Waals surface area contributed by atoms with Crippen LogP contribution in [0.5, 0.6) is 0 Å². The standard InChI is InChI=1S/C26H27N5O3/c32-26(10-7-21-5-8-23(9-6-21)31(33)34)28-24-3-1-2-4-25(24)30-19-17-29(18-20-30)16-13-22-11-14-27-15-12-22/h1-12,14-15H,13,16-20H2,(H,28,32). The van der Waals surface area contributed by atoms with Crippen LogP contribution in [0.15, 0.2) is 79.1 Å². The van der Waals surface area contributed by atoms with Gasteiger partial charge in [-0.05, 0) is 60.0 Å². The van der Waals surface area contributed by atoms with E-state index in [1.807, 2.05) is 36.7 Å². The number of nitro groups is 1. The highest BCUT2D eigenvalue weighted by atomic mass is 16.6. The number of carbonyl (C=O) groups is 1. The lowest BCUT2D eigenvalue weighted by Gasteiger charge is -2.37. The first kappa shape index (κ1) is 23.1. The summed E-state index contributed by atoms with van der Waals surface area (Å²) < 4.78 is 0. The first-order valence-electron chi connectivity index (χ1n) is 11.3. The molecule has 0 spiro atoms. The molecule has 2 aromatic carbocycles. The van der Waals surface area contributed by atoms with E-state index in [-0.39, 0.29) is 11.6 Å². The zero-order chi connectivity index (χ0) is 23.8. The van der Waals surface area contributed by atoms with Gasteiger partial charge in [0.05, 0.1) is 16.3 Å². The van der Waals surface area contributed by atoms with E-state index in [2.05, 4.69) is 32.2 Å². The van der Waals surface area contributed by atoms with Crippen molar-refractivity contribution in [2.24, 2.45) is 0 Å². The second-order valence-corrected chi connectivity index (χ2v) is 8.12. The quantitative estimate of drug-likeness (QED) is 0.312. The van der Waals surface area contributed by atoms with Crippen LogP contribution in [0.4, 0.5) is 17.1 Å². The molecule has 1 fully saturated rings. The summed E-state index contributed by atoms with van der Waals surface area (Å²) in [4.78, 5) is 31.7. The van der Waals surface area contributed by atoms with Crippen LogP contribution in [0.1, 0.15) is 11.1 Å². The van der Waals surface area contributed by atoms with E-state index < -0.39 is 4.92 Å². The lowest BCUT2D eigenvalue weighted by atomic mass is 10.1. The molecule has 8 heteroatoms. The number of carbonyl (C=O) groups excluding carboxylic acids is 1. The van der Waals surface area contributed by atoms with Crippen molar-refractivity contribution in [2.75, 3.05) is 42.9 Å². The zero-order valence-electron chi connectivity index (χ0n) is 18.8. The summed E-state index contributed by atoms with van der Waals surface area (Å²) in [5.41, 5.74) is 3.82. The van der Waals surface area contributed by atoms with Crippen molar-refractivity contribution in [1.82, 2.24) is 9.88 Å². The van der Waals surface area contributed by atoms with Crippen LogP contribution in [-0.4, -0.2) is 53.4 Å². The zero-order valence-corrected chi connectivity index (χ0v) is 18.8. The Morgan fingerprint density at radius 3 is 2.41 bits per heavy atom. The molecule has 0 unspecified atom stereocenters. The monoisotopic (exact) mass is 457 g/mol. The number of para-hydroxylation sites is 2. The van der Waals surface area contributed by atoms with Crippen molar-refractivity contribution in [2.45, 2.75) is 6.42 Å². The molecule has 174 valence electrons. The van der Waals surface area contributed by atoms with Gasteiger partial charge in [0.2, 0.25) is 5.91 Å². The average Bonchev–Trinajstić information content (AvgIpc) is 2.88. The Bertz CT molecular complexity index is 1140. The van der Waals surface area contributed by atoms with E-state index in [0.717, 1.165) is 56.1 Å². The third-order valence-electron chi connectivity index (χ3n) is 5.87. The Labute approximate surface area is 198 Å². The Balaban J connectivity index is 1.32. The van der Waals surface area contributed by atoms with E-state index in [4.69, 9.17) is 0 Å². The predicted octanol–water partition coefficient (Wildman–Crippen LogP) is 4.01. The number of benzene rings is 2. The number of hydrogen-bond donors (Lipinski definition) is 1. The molecule has 4 rings (SSSR count). The van der Waals surface area contributed by atoms with Gasteiger partial charge in [-0.2, -0.15) is 0 Å². The molecular weight excluding hydrogens is 430 g/mol. The largest absolute Gasteiger partial charge is 0.367 e. The number of nitro benzene ring substituents is 1. The van der Waals surface area contributed by atoms with Crippen LogP contribution in [0.3, 0.4) is 0 Å². The molecule has 0 radical (unpaired) electrons. The predicted molar refractivity (Wildman–Crippen MR) is 134 cm³/mol. The molecule has 34 heavy (non-hydrogen) atoms. The lowest BCUT2D eigenvalue weighted by molar-refractivity contribution is -0.384. The molecule has 0 aliphatic carbocycles. The highest BCUT2D eigenvalue weighted by molar-refractivity contribution is 6.03. The molecule has 1 amide bonds. The van der Waals surface area contributed by atoms with Crippen LogP contribution in [-0.2, 0) is 11.2 Å². The van der Waals surface area contributed by atoms with Gasteiger partial charge in [0.25, 0.3) is 5.69 Å². The summed E-state index contributed by atoms with van der Waals surface area (Å²) in [6, 6.07) is 18.0. The number of nitrogens with zero attached hydrogens (tertiary/aromatic N) is 4. The maximum absolute atomic E-state index is 12.5. The van der Waals surface area contributed by atoms with E-state index >= 15 is 0 Å². The van der Waals surface area contributed by atoms with Gasteiger partial charge in [-0.3, -0.25) is 24.8 Å². The van der Waals surface area contributed by atoms with E-state index in [0.29, 0.717) is 0 Å². The van der Waals surface area contributed by atoms with E-state index in [1.54, 1.807) is 18.2 Å². The van der Waals surface area contributed by atoms with Crippen LogP contribution in [0, 0.1) is 10.1 Å². The molecule has 0 saturated carbocycles. The van der Waals surface area contributed by atoms with Gasteiger partial charge in [0, 0.05) is 63.3 Å². The fourth-order valence-corrected chi connectivity index (χ4v) is 3.96. The minimum atomic E-state index is -0.446. The molecule has 1 N–H and O–H groups in total. The van der Waals surface area contributed by atoms with Crippen molar-refractivity contribution >= 4 is 29.0 Å². The first-order valence-corrected chi connectivity index (χ1v) is 11.3. The summed E-state index contributed by atoms with van der Waals surface area (Å²) in [6.45, 7) is 4.73. The fourth-order valence-electron chi connectivity index (χ4n) is 3.96. The molecule has 1 aliphatic heterocycles. The SMILES string of the molecule is O=C(C=Cc1ccc([N+](=O)[O-])cc1)Nc1ccccc1N1CCN(CCc2ccncc2)CC1. The summed E-state index contributed by atoms with van der Waals surface area (Å²) in [6.07, 6.45) is 7.76. The molecule has 8 nitrogen and oxygen atoms in total. The molecule has 1 aliphatic rings. The van der Waals surface area contributed by atoms with Gasteiger partial charge in [0.1, 0.15) is 0 Å². The number of non-ortho nitro benzene ring substituents is 1. The van der Waals surface area contributed by atoms with E-state index in [1.165, 1.54) is 23.8 Å². The third-order valence-corrected chi connectivity index (χ3v) is 5.87. The summed E-state index contributed by atoms with van der Waals surface area (Å²) >= 11 is 0. The Hall–Kier alpha value is -4.04. The van der Waals surface area contributed by atoms with Crippen LogP contribution in [0.25, 0.3) is 6.08 Å². The van der Waals surface area contributed by atoms with Gasteiger partial charge in [-0.25, -0.2) is 0 Å². The summed E-state index contributed by atoms with van der Waals surface area (Å²) in [5.74, 6) is -0.248. The van der Waals surface area contributed by atoms with Gasteiger partial charge >= 0.3 is 0 Å². The topological polar surface area (TPSA) is 91.6 Å². The van der Waals surface area contributed by atoms with Crippen molar-refractivity contribution in [3.05, 3.63) is 100 Å². The average molecular weight is 458 g/mol. The van der Waals surface area contributed by atoms with Gasteiger partial charge in [-0.1, -0.05) is 12.1 Å². The van der Waals surface area contributed by atoms with Crippen molar-refractivity contribution in [1.29, 1.82) is 0 Å². The normalized spacial score (nSPS) is 14.3. The molecule has 3 aromatic rings. The summed E-state index contributed by atoms with van der Waals surface area (Å²) in [7, 11) is 0. The molecule has 0 bridgehead atoms. The van der Waals surface area contributed by atoms with E-state index in [9.17, 15) is 14.9 Å². The first-order chi connectivity index (χ1) is 16.6. The molecule has 2 heterocycles. The maximum Gasteiger partial charge on any atom is 0.269 e. The van der Waals surface area contributed by atoms with Gasteiger partial charge in [-0.15, -0.1) is 0 Å². The Morgan fingerprint density at radius 2 is 1.71 bits per heavy atom. The number of pyridine rings is 1. The molecule has 1 saturated heterocycles. The summed E-state index contributed by atoms with van der Waals surface area (Å²) in [5, 5.41) is 13.7. The Morgan fingerprint density at radius 1 is 1.00 bits per heavy atom. The molecule has 0 atom stereocenters. The maximum atomic E-state index is 12.5. The van der Waals surface area contributed by atoms with Crippen LogP contribution < -0.4 is 10.2 Å². The number of anilines is 2. The number of hydrogen-bond acceptors (Lipinski definition) is 6. The van der Waals surface area contributed by atoms with Crippen molar-refractivity contribution in [3.8, 4) is 0 Å². The van der Waals surface area contributed by atoms with Gasteiger partial charge in [0.15, 0.2) is 0 Å². The molecule has 1 aromatic heterocycles. The number of aromatic nitrogens is 1. The fraction of sp³-hybridized carbons (Fsp3) is 0.231. The van der Waals surface area contributed by atoms with Crippen LogP contribution in [0.2, 0.25) is 0 Å². The minimum absolute atomic E-state index is 0.0213. The van der Waals surface area contributed by atoms with Crippen LogP contribution >= 0.6 is 0 Å². The number of nitrogens with one attached hydrogen (secondary N) is 1. The second-order valence-electron chi connectivity index (χ2n) is 8.12. The highest BCUT2D eigenvalue weighted by Crippen LogP contribution is 2.27. The number of rotatable bonds is 8. The highest BCUT2D eigenvalue weighted by Gasteiger charge is 2.19. The lowest BCUT2D eigenvalue weighted by Crippen LogP contribution is -2.47. The van der Waals surface area contributed by atoms with Crippen molar-refractivity contribution < 1.29 is 9.72 Å². The second kappa shape index (κ2) is 11.2.